The maximum atomic E-state index is 12.2. The fourth-order valence-corrected chi connectivity index (χ4v) is 2.74. The molecule has 0 aliphatic heterocycles. The molecule has 134 valence electrons. The summed E-state index contributed by atoms with van der Waals surface area (Å²) < 4.78 is 15.5. The largest absolute Gasteiger partial charge is 0.497 e. The molecule has 0 aliphatic carbocycles. The third-order valence-electron chi connectivity index (χ3n) is 3.40. The second-order valence-electron chi connectivity index (χ2n) is 5.19. The number of anilines is 1. The van der Waals surface area contributed by atoms with Gasteiger partial charge in [-0.1, -0.05) is 47.3 Å². The lowest BCUT2D eigenvalue weighted by Crippen LogP contribution is -2.14. The van der Waals surface area contributed by atoms with Crippen molar-refractivity contribution >= 4 is 23.4 Å². The van der Waals surface area contributed by atoms with Crippen LogP contribution >= 0.6 is 11.8 Å². The summed E-state index contributed by atoms with van der Waals surface area (Å²) in [6, 6.07) is 14.6. The molecule has 0 spiro atoms. The molecular weight excluding hydrogens is 354 g/mol. The van der Waals surface area contributed by atoms with E-state index in [-0.39, 0.29) is 11.7 Å². The molecule has 0 unspecified atom stereocenters. The van der Waals surface area contributed by atoms with Crippen LogP contribution in [0.2, 0.25) is 0 Å². The number of thioether (sulfide) groups is 1. The first-order valence-electron chi connectivity index (χ1n) is 7.73. The van der Waals surface area contributed by atoms with Crippen molar-refractivity contribution in [2.45, 2.75) is 5.22 Å². The Labute approximate surface area is 154 Å². The van der Waals surface area contributed by atoms with E-state index >= 15 is 0 Å². The van der Waals surface area contributed by atoms with Crippen LogP contribution in [-0.2, 0) is 4.79 Å². The van der Waals surface area contributed by atoms with E-state index in [0.29, 0.717) is 28.2 Å². The van der Waals surface area contributed by atoms with Gasteiger partial charge in [0, 0.05) is 29.4 Å². The number of carbonyl (C=O) groups excluding carboxylic acids is 1. The summed E-state index contributed by atoms with van der Waals surface area (Å²) in [5, 5.41) is 7.05. The summed E-state index contributed by atoms with van der Waals surface area (Å²) in [5.74, 6) is 1.61. The Morgan fingerprint density at radius 2 is 1.81 bits per heavy atom. The van der Waals surface area contributed by atoms with Gasteiger partial charge >= 0.3 is 0 Å². The molecule has 3 rings (SSSR count). The first-order valence-corrected chi connectivity index (χ1v) is 8.71. The number of methoxy groups -OCH3 is 2. The molecule has 1 amide bonds. The van der Waals surface area contributed by atoms with E-state index in [1.165, 1.54) is 11.8 Å². The number of hydrogen-bond acceptors (Lipinski definition) is 7. The SMILES string of the molecule is COc1cc(NC(=O)CSc2nc(-c3ccccc3)no2)cc(OC)c1. The summed E-state index contributed by atoms with van der Waals surface area (Å²) >= 11 is 1.17. The van der Waals surface area contributed by atoms with Crippen molar-refractivity contribution in [3.05, 3.63) is 48.5 Å². The second kappa shape index (κ2) is 8.39. The summed E-state index contributed by atoms with van der Waals surface area (Å²) in [7, 11) is 3.10. The van der Waals surface area contributed by atoms with Gasteiger partial charge in [0.25, 0.3) is 5.22 Å². The number of carbonyl (C=O) groups is 1. The zero-order valence-electron chi connectivity index (χ0n) is 14.3. The number of amides is 1. The van der Waals surface area contributed by atoms with Crippen molar-refractivity contribution in [3.8, 4) is 22.9 Å². The highest BCUT2D eigenvalue weighted by Gasteiger charge is 2.12. The van der Waals surface area contributed by atoms with E-state index in [4.69, 9.17) is 14.0 Å². The maximum absolute atomic E-state index is 12.2. The van der Waals surface area contributed by atoms with Crippen LogP contribution in [0.15, 0.2) is 58.3 Å². The number of nitrogens with one attached hydrogen (secondary N) is 1. The number of aromatic nitrogens is 2. The molecule has 1 aromatic heterocycles. The van der Waals surface area contributed by atoms with E-state index in [2.05, 4.69) is 15.5 Å². The summed E-state index contributed by atoms with van der Waals surface area (Å²) in [5.41, 5.74) is 1.44. The van der Waals surface area contributed by atoms with Gasteiger partial charge in [-0.15, -0.1) is 0 Å². The molecular formula is C18H17N3O4S. The van der Waals surface area contributed by atoms with E-state index in [1.807, 2.05) is 30.3 Å². The predicted molar refractivity (Wildman–Crippen MR) is 98.6 cm³/mol. The molecule has 0 atom stereocenters. The maximum Gasteiger partial charge on any atom is 0.286 e. The number of nitrogens with zero attached hydrogens (tertiary/aromatic N) is 2. The highest BCUT2D eigenvalue weighted by Crippen LogP contribution is 2.26. The van der Waals surface area contributed by atoms with Gasteiger partial charge in [-0.3, -0.25) is 4.79 Å². The van der Waals surface area contributed by atoms with Crippen LogP contribution < -0.4 is 14.8 Å². The normalized spacial score (nSPS) is 10.4. The average Bonchev–Trinajstić information content (AvgIpc) is 3.16. The molecule has 1 N–H and O–H groups in total. The van der Waals surface area contributed by atoms with Crippen LogP contribution in [0.1, 0.15) is 0 Å². The molecule has 0 bridgehead atoms. The van der Waals surface area contributed by atoms with Crippen LogP contribution in [0.25, 0.3) is 11.4 Å². The molecule has 0 radical (unpaired) electrons. The zero-order chi connectivity index (χ0) is 18.4. The Kier molecular flexibility index (Phi) is 5.75. The third kappa shape index (κ3) is 4.54. The Morgan fingerprint density at radius 1 is 1.12 bits per heavy atom. The first-order chi connectivity index (χ1) is 12.7. The van der Waals surface area contributed by atoms with E-state index < -0.39 is 0 Å². The summed E-state index contributed by atoms with van der Waals surface area (Å²) in [6.45, 7) is 0. The van der Waals surface area contributed by atoms with Gasteiger partial charge in [0.2, 0.25) is 11.7 Å². The van der Waals surface area contributed by atoms with Gasteiger partial charge in [0.05, 0.1) is 20.0 Å². The minimum Gasteiger partial charge on any atom is -0.497 e. The van der Waals surface area contributed by atoms with Crippen LogP contribution in [0.5, 0.6) is 11.5 Å². The average molecular weight is 371 g/mol. The van der Waals surface area contributed by atoms with E-state index in [1.54, 1.807) is 32.4 Å². The van der Waals surface area contributed by atoms with Crippen LogP contribution in [0.3, 0.4) is 0 Å². The zero-order valence-corrected chi connectivity index (χ0v) is 15.1. The standard InChI is InChI=1S/C18H17N3O4S/c1-23-14-8-13(9-15(10-14)24-2)19-16(22)11-26-18-20-17(21-25-18)12-6-4-3-5-7-12/h3-10H,11H2,1-2H3,(H,19,22). The quantitative estimate of drug-likeness (QED) is 0.636. The Morgan fingerprint density at radius 3 is 2.46 bits per heavy atom. The fourth-order valence-electron chi connectivity index (χ4n) is 2.18. The van der Waals surface area contributed by atoms with Crippen LogP contribution in [-0.4, -0.2) is 36.0 Å². The Bertz CT molecular complexity index is 861. The predicted octanol–water partition coefficient (Wildman–Crippen LogP) is 3.48. The van der Waals surface area contributed by atoms with Gasteiger partial charge in [-0.05, 0) is 0 Å². The van der Waals surface area contributed by atoms with Crippen molar-refractivity contribution in [1.29, 1.82) is 0 Å². The summed E-state index contributed by atoms with van der Waals surface area (Å²) in [4.78, 5) is 16.4. The molecule has 0 saturated carbocycles. The van der Waals surface area contributed by atoms with Crippen molar-refractivity contribution in [2.24, 2.45) is 0 Å². The van der Waals surface area contributed by atoms with E-state index in [0.717, 1.165) is 5.56 Å². The Hall–Kier alpha value is -3.00. The molecule has 3 aromatic rings. The van der Waals surface area contributed by atoms with Gasteiger partial charge in [0.1, 0.15) is 11.5 Å². The molecule has 26 heavy (non-hydrogen) atoms. The molecule has 8 heteroatoms. The van der Waals surface area contributed by atoms with Gasteiger partial charge in [-0.25, -0.2) is 0 Å². The number of ether oxygens (including phenoxy) is 2. The first kappa shape index (κ1) is 17.8. The molecule has 0 saturated heterocycles. The van der Waals surface area contributed by atoms with Crippen molar-refractivity contribution < 1.29 is 18.8 Å². The lowest BCUT2D eigenvalue weighted by Gasteiger charge is -2.09. The molecule has 0 fully saturated rings. The van der Waals surface area contributed by atoms with Crippen molar-refractivity contribution in [2.75, 3.05) is 25.3 Å². The third-order valence-corrected chi connectivity index (χ3v) is 4.22. The van der Waals surface area contributed by atoms with E-state index in [9.17, 15) is 4.79 Å². The Balaban J connectivity index is 1.59. The summed E-state index contributed by atoms with van der Waals surface area (Å²) in [6.07, 6.45) is 0. The van der Waals surface area contributed by atoms with Gasteiger partial charge < -0.3 is 19.3 Å². The highest BCUT2D eigenvalue weighted by atomic mass is 32.2. The molecule has 0 aliphatic rings. The number of benzene rings is 2. The molecule has 1 heterocycles. The fraction of sp³-hybridized carbons (Fsp3) is 0.167. The minimum absolute atomic E-state index is 0.135. The van der Waals surface area contributed by atoms with Gasteiger partial charge in [0.15, 0.2) is 0 Å². The number of hydrogen-bond donors (Lipinski definition) is 1. The van der Waals surface area contributed by atoms with Crippen LogP contribution in [0.4, 0.5) is 5.69 Å². The number of rotatable bonds is 7. The van der Waals surface area contributed by atoms with Crippen molar-refractivity contribution in [3.63, 3.8) is 0 Å². The smallest absolute Gasteiger partial charge is 0.286 e. The van der Waals surface area contributed by atoms with Gasteiger partial charge in [-0.2, -0.15) is 4.98 Å². The van der Waals surface area contributed by atoms with Crippen LogP contribution in [0, 0.1) is 0 Å². The molecule has 7 nitrogen and oxygen atoms in total. The monoisotopic (exact) mass is 371 g/mol. The lowest BCUT2D eigenvalue weighted by molar-refractivity contribution is -0.113. The van der Waals surface area contributed by atoms with Crippen molar-refractivity contribution in [1.82, 2.24) is 10.1 Å². The molecule has 2 aromatic carbocycles. The minimum atomic E-state index is -0.204. The topological polar surface area (TPSA) is 86.5 Å². The highest BCUT2D eigenvalue weighted by molar-refractivity contribution is 7.99. The second-order valence-corrected chi connectivity index (χ2v) is 6.11. The lowest BCUT2D eigenvalue weighted by atomic mass is 10.2.